The Morgan fingerprint density at radius 3 is 1.22 bits per heavy atom. The van der Waals surface area contributed by atoms with Crippen LogP contribution in [0.1, 0.15) is 33.4 Å². The molecule has 2 nitrogen and oxygen atoms in total. The van der Waals surface area contributed by atoms with Gasteiger partial charge in [-0.2, -0.15) is 0 Å². The van der Waals surface area contributed by atoms with Gasteiger partial charge in [-0.15, -0.1) is 0 Å². The maximum Gasteiger partial charge on any atom is 0.0725 e. The van der Waals surface area contributed by atoms with Crippen LogP contribution in [0.3, 0.4) is 0 Å². The molecule has 6 aromatic rings. The lowest BCUT2D eigenvalue weighted by atomic mass is 9.65. The molecule has 6 aromatic carbocycles. The zero-order valence-corrected chi connectivity index (χ0v) is 20.4. The molecular formula is C35H26O2. The highest BCUT2D eigenvalue weighted by Crippen LogP contribution is 2.58. The molecule has 0 atom stereocenters. The number of aliphatic hydroxyl groups excluding tert-OH is 2. The largest absolute Gasteiger partial charge is 0.392 e. The number of benzene rings is 6. The highest BCUT2D eigenvalue weighted by molar-refractivity contribution is 5.99. The van der Waals surface area contributed by atoms with Crippen molar-refractivity contribution in [3.05, 3.63) is 155 Å². The molecule has 0 unspecified atom stereocenters. The Kier molecular flexibility index (Phi) is 5.00. The van der Waals surface area contributed by atoms with Gasteiger partial charge < -0.3 is 10.2 Å². The molecule has 178 valence electrons. The van der Waals surface area contributed by atoms with Gasteiger partial charge in [0.2, 0.25) is 0 Å². The summed E-state index contributed by atoms with van der Waals surface area (Å²) in [6, 6.07) is 42.9. The van der Waals surface area contributed by atoms with Crippen LogP contribution >= 0.6 is 0 Å². The van der Waals surface area contributed by atoms with Gasteiger partial charge in [-0.25, -0.2) is 0 Å². The first-order chi connectivity index (χ1) is 18.3. The van der Waals surface area contributed by atoms with E-state index in [0.717, 1.165) is 32.7 Å². The average Bonchev–Trinajstić information content (AvgIpc) is 3.27. The van der Waals surface area contributed by atoms with E-state index in [9.17, 15) is 10.2 Å². The molecule has 2 heteroatoms. The van der Waals surface area contributed by atoms with Gasteiger partial charge in [-0.3, -0.25) is 0 Å². The van der Waals surface area contributed by atoms with Crippen molar-refractivity contribution in [1.29, 1.82) is 0 Å². The summed E-state index contributed by atoms with van der Waals surface area (Å²) >= 11 is 0. The van der Waals surface area contributed by atoms with Crippen LogP contribution in [0.25, 0.3) is 32.7 Å². The van der Waals surface area contributed by atoms with Crippen LogP contribution in [0.4, 0.5) is 0 Å². The van der Waals surface area contributed by atoms with Gasteiger partial charge >= 0.3 is 0 Å². The third kappa shape index (κ3) is 2.94. The van der Waals surface area contributed by atoms with Crippen LogP contribution in [0.15, 0.2) is 121 Å². The van der Waals surface area contributed by atoms with Gasteiger partial charge in [0, 0.05) is 0 Å². The molecule has 0 aromatic heterocycles. The molecule has 0 amide bonds. The maximum atomic E-state index is 10.2. The first-order valence-corrected chi connectivity index (χ1v) is 12.7. The highest BCUT2D eigenvalue weighted by atomic mass is 16.3. The minimum absolute atomic E-state index is 0.00487. The Balaban J connectivity index is 1.73. The SMILES string of the molecule is OCc1cccc2c(C3(c4cccc5c(CO)cccc45)c4ccccc4-c4ccccc43)cccc12. The summed E-state index contributed by atoms with van der Waals surface area (Å²) in [6.07, 6.45) is 0. The summed E-state index contributed by atoms with van der Waals surface area (Å²) in [5, 5.41) is 24.7. The van der Waals surface area contributed by atoms with Crippen molar-refractivity contribution < 1.29 is 10.2 Å². The van der Waals surface area contributed by atoms with Crippen molar-refractivity contribution in [3.63, 3.8) is 0 Å². The zero-order chi connectivity index (χ0) is 25.0. The van der Waals surface area contributed by atoms with Gasteiger partial charge in [0.15, 0.2) is 0 Å². The Morgan fingerprint density at radius 1 is 0.378 bits per heavy atom. The van der Waals surface area contributed by atoms with Crippen LogP contribution in [0, 0.1) is 0 Å². The predicted molar refractivity (Wildman–Crippen MR) is 151 cm³/mol. The summed E-state index contributed by atoms with van der Waals surface area (Å²) < 4.78 is 0. The van der Waals surface area contributed by atoms with E-state index in [1.807, 2.05) is 24.3 Å². The number of aliphatic hydroxyl groups is 2. The Morgan fingerprint density at radius 2 is 0.757 bits per heavy atom. The average molecular weight is 479 g/mol. The highest BCUT2D eigenvalue weighted by Gasteiger charge is 2.47. The molecule has 2 N–H and O–H groups in total. The van der Waals surface area contributed by atoms with Crippen molar-refractivity contribution in [1.82, 2.24) is 0 Å². The van der Waals surface area contributed by atoms with Gasteiger partial charge in [-0.1, -0.05) is 121 Å². The van der Waals surface area contributed by atoms with E-state index in [-0.39, 0.29) is 13.2 Å². The summed E-state index contributed by atoms with van der Waals surface area (Å²) in [5.74, 6) is 0. The fourth-order valence-electron chi connectivity index (χ4n) is 6.64. The molecule has 0 heterocycles. The molecule has 37 heavy (non-hydrogen) atoms. The lowest BCUT2D eigenvalue weighted by molar-refractivity contribution is 0.283. The molecule has 0 radical (unpaired) electrons. The zero-order valence-electron chi connectivity index (χ0n) is 20.4. The number of hydrogen-bond donors (Lipinski definition) is 2. The molecular weight excluding hydrogens is 452 g/mol. The molecule has 1 aliphatic carbocycles. The summed E-state index contributed by atoms with van der Waals surface area (Å²) in [6.45, 7) is -0.00973. The van der Waals surface area contributed by atoms with E-state index in [1.54, 1.807) is 0 Å². The van der Waals surface area contributed by atoms with E-state index < -0.39 is 5.41 Å². The summed E-state index contributed by atoms with van der Waals surface area (Å²) in [4.78, 5) is 0. The summed E-state index contributed by atoms with van der Waals surface area (Å²) in [7, 11) is 0. The van der Waals surface area contributed by atoms with Crippen molar-refractivity contribution in [3.8, 4) is 11.1 Å². The van der Waals surface area contributed by atoms with E-state index in [4.69, 9.17) is 0 Å². The third-order valence-electron chi connectivity index (χ3n) is 8.13. The lowest BCUT2D eigenvalue weighted by Crippen LogP contribution is -2.29. The topological polar surface area (TPSA) is 40.5 Å². The minimum Gasteiger partial charge on any atom is -0.392 e. The molecule has 0 bridgehead atoms. The fourth-order valence-corrected chi connectivity index (χ4v) is 6.64. The molecule has 0 saturated heterocycles. The number of rotatable bonds is 4. The van der Waals surface area contributed by atoms with Crippen LogP contribution in [0.2, 0.25) is 0 Å². The van der Waals surface area contributed by atoms with Gasteiger partial charge in [0.25, 0.3) is 0 Å². The second-order valence-electron chi connectivity index (χ2n) is 9.79. The van der Waals surface area contributed by atoms with Gasteiger partial charge in [0.05, 0.1) is 18.6 Å². The van der Waals surface area contributed by atoms with Gasteiger partial charge in [0.1, 0.15) is 0 Å². The Bertz CT molecular complexity index is 1680. The number of fused-ring (bicyclic) bond motifs is 5. The molecule has 0 spiro atoms. The van der Waals surface area contributed by atoms with Crippen LogP contribution in [-0.4, -0.2) is 10.2 Å². The van der Waals surface area contributed by atoms with Gasteiger partial charge in [-0.05, 0) is 66.1 Å². The van der Waals surface area contributed by atoms with E-state index >= 15 is 0 Å². The molecule has 0 fully saturated rings. The van der Waals surface area contributed by atoms with Crippen molar-refractivity contribution in [2.24, 2.45) is 0 Å². The van der Waals surface area contributed by atoms with Crippen molar-refractivity contribution in [2.45, 2.75) is 18.6 Å². The molecule has 0 aliphatic heterocycles. The monoisotopic (exact) mass is 478 g/mol. The molecule has 1 aliphatic rings. The quantitative estimate of drug-likeness (QED) is 0.278. The minimum atomic E-state index is -0.575. The Labute approximate surface area is 216 Å². The second kappa shape index (κ2) is 8.41. The van der Waals surface area contributed by atoms with Crippen molar-refractivity contribution >= 4 is 21.5 Å². The molecule has 7 rings (SSSR count). The van der Waals surface area contributed by atoms with Crippen LogP contribution < -0.4 is 0 Å². The van der Waals surface area contributed by atoms with Crippen molar-refractivity contribution in [2.75, 3.05) is 0 Å². The number of hydrogen-bond acceptors (Lipinski definition) is 2. The standard InChI is InChI=1S/C35H26O2/c36-21-23-9-5-15-27-25(23)13-7-19-33(27)35(34-20-8-14-26-24(22-37)10-6-16-28(26)34)31-17-3-1-11-29(31)30-12-2-4-18-32(30)35/h1-20,36-37H,21-22H2. The van der Waals surface area contributed by atoms with E-state index in [0.29, 0.717) is 0 Å². The second-order valence-corrected chi connectivity index (χ2v) is 9.79. The fraction of sp³-hybridized carbons (Fsp3) is 0.0857. The normalized spacial score (nSPS) is 13.6. The van der Waals surface area contributed by atoms with Crippen LogP contribution in [-0.2, 0) is 18.6 Å². The first kappa shape index (κ1) is 22.0. The maximum absolute atomic E-state index is 10.2. The van der Waals surface area contributed by atoms with E-state index in [1.165, 1.54) is 33.4 Å². The van der Waals surface area contributed by atoms with E-state index in [2.05, 4.69) is 97.1 Å². The smallest absolute Gasteiger partial charge is 0.0725 e. The predicted octanol–water partition coefficient (Wildman–Crippen LogP) is 7.34. The van der Waals surface area contributed by atoms with Crippen LogP contribution in [0.5, 0.6) is 0 Å². The first-order valence-electron chi connectivity index (χ1n) is 12.7. The third-order valence-corrected chi connectivity index (χ3v) is 8.13. The Hall–Kier alpha value is -4.24. The summed E-state index contributed by atoms with van der Waals surface area (Å²) in [5.41, 5.74) is 8.64. The molecule has 0 saturated carbocycles. The lowest BCUT2D eigenvalue weighted by Gasteiger charge is -2.36.